The van der Waals surface area contributed by atoms with Crippen LogP contribution in [0.15, 0.2) is 4.79 Å². The van der Waals surface area contributed by atoms with Crippen molar-refractivity contribution >= 4 is 5.82 Å². The van der Waals surface area contributed by atoms with Crippen molar-refractivity contribution in [3.63, 3.8) is 0 Å². The first-order valence-electron chi connectivity index (χ1n) is 2.94. The molecule has 0 aromatic carbocycles. The molecule has 3 N–H and O–H groups in total. The molecule has 4 heteroatoms. The van der Waals surface area contributed by atoms with Gasteiger partial charge in [-0.05, 0) is 13.8 Å². The van der Waals surface area contributed by atoms with Crippen LogP contribution in [0.2, 0.25) is 0 Å². The summed E-state index contributed by atoms with van der Waals surface area (Å²) in [5, 5.41) is 0. The van der Waals surface area contributed by atoms with Gasteiger partial charge in [0.15, 0.2) is 0 Å². The van der Waals surface area contributed by atoms with Crippen LogP contribution in [0.5, 0.6) is 0 Å². The quantitative estimate of drug-likeness (QED) is 0.530. The fourth-order valence-electron chi connectivity index (χ4n) is 0.667. The number of nitrogens with two attached hydrogens (primary N) is 1. The van der Waals surface area contributed by atoms with Gasteiger partial charge in [0.05, 0.1) is 0 Å². The molecule has 1 rings (SSSR count). The Hall–Kier alpha value is -1.32. The molecule has 0 aliphatic rings. The molecule has 10 heavy (non-hydrogen) atoms. The Bertz CT molecular complexity index is 276. The van der Waals surface area contributed by atoms with Gasteiger partial charge < -0.3 is 10.7 Å². The number of nitrogens with zero attached hydrogens (tertiary/aromatic N) is 1. The summed E-state index contributed by atoms with van der Waals surface area (Å²) in [6.07, 6.45) is 0. The highest BCUT2D eigenvalue weighted by molar-refractivity contribution is 5.39. The average molecular weight is 139 g/mol. The van der Waals surface area contributed by atoms with Crippen molar-refractivity contribution in [2.75, 3.05) is 5.73 Å². The molecule has 0 aliphatic heterocycles. The summed E-state index contributed by atoms with van der Waals surface area (Å²) in [6, 6.07) is 0. The lowest BCUT2D eigenvalue weighted by Crippen LogP contribution is -2.15. The summed E-state index contributed by atoms with van der Waals surface area (Å²) in [5.41, 5.74) is 6.61. The highest BCUT2D eigenvalue weighted by Crippen LogP contribution is 2.04. The largest absolute Gasteiger partial charge is 0.383 e. The van der Waals surface area contributed by atoms with Crippen LogP contribution in [0.1, 0.15) is 11.3 Å². The SMILES string of the molecule is Cc1[nH]c(=O)nc(N)c1C. The molecule has 0 bridgehead atoms. The summed E-state index contributed by atoms with van der Waals surface area (Å²) < 4.78 is 0. The molecule has 0 unspecified atom stereocenters. The Morgan fingerprint density at radius 2 is 2.10 bits per heavy atom. The van der Waals surface area contributed by atoms with Crippen LogP contribution in [0.3, 0.4) is 0 Å². The zero-order valence-corrected chi connectivity index (χ0v) is 5.93. The Labute approximate surface area is 58.1 Å². The van der Waals surface area contributed by atoms with Crippen LogP contribution in [-0.2, 0) is 0 Å². The third-order valence-corrected chi connectivity index (χ3v) is 1.46. The number of aromatic nitrogens is 2. The number of rotatable bonds is 0. The maximum Gasteiger partial charge on any atom is 0.347 e. The average Bonchev–Trinajstić information content (AvgIpc) is 1.82. The van der Waals surface area contributed by atoms with Crippen molar-refractivity contribution < 1.29 is 0 Å². The second-order valence-corrected chi connectivity index (χ2v) is 2.18. The minimum absolute atomic E-state index is 0.307. The number of H-pyrrole nitrogens is 1. The maximum absolute atomic E-state index is 10.6. The van der Waals surface area contributed by atoms with Crippen LogP contribution < -0.4 is 11.4 Å². The minimum atomic E-state index is -0.388. The lowest BCUT2D eigenvalue weighted by molar-refractivity contribution is 1.01. The van der Waals surface area contributed by atoms with E-state index in [-0.39, 0.29) is 5.69 Å². The zero-order chi connectivity index (χ0) is 7.72. The van der Waals surface area contributed by atoms with E-state index in [0.29, 0.717) is 5.82 Å². The molecule has 0 fully saturated rings. The van der Waals surface area contributed by atoms with Crippen molar-refractivity contribution in [2.45, 2.75) is 13.8 Å². The smallest absolute Gasteiger partial charge is 0.347 e. The van der Waals surface area contributed by atoms with Crippen LogP contribution in [0, 0.1) is 13.8 Å². The molecular formula is C6H9N3O. The molecule has 1 heterocycles. The van der Waals surface area contributed by atoms with Gasteiger partial charge in [-0.25, -0.2) is 4.79 Å². The van der Waals surface area contributed by atoms with Crippen molar-refractivity contribution in [3.05, 3.63) is 21.7 Å². The molecule has 0 atom stereocenters. The van der Waals surface area contributed by atoms with E-state index in [0.717, 1.165) is 11.3 Å². The Morgan fingerprint density at radius 1 is 1.50 bits per heavy atom. The number of aromatic amines is 1. The van der Waals surface area contributed by atoms with Crippen LogP contribution in [0.4, 0.5) is 5.82 Å². The number of anilines is 1. The van der Waals surface area contributed by atoms with Gasteiger partial charge in [-0.3, -0.25) is 0 Å². The lowest BCUT2D eigenvalue weighted by Gasteiger charge is -1.99. The van der Waals surface area contributed by atoms with Gasteiger partial charge in [0.25, 0.3) is 0 Å². The first-order chi connectivity index (χ1) is 4.61. The fraction of sp³-hybridized carbons (Fsp3) is 0.333. The summed E-state index contributed by atoms with van der Waals surface area (Å²) >= 11 is 0. The highest BCUT2D eigenvalue weighted by Gasteiger charge is 1.98. The van der Waals surface area contributed by atoms with Crippen LogP contribution in [0.25, 0.3) is 0 Å². The van der Waals surface area contributed by atoms with E-state index >= 15 is 0 Å². The molecule has 54 valence electrons. The third kappa shape index (κ3) is 1.00. The number of aryl methyl sites for hydroxylation is 1. The highest BCUT2D eigenvalue weighted by atomic mass is 16.1. The molecule has 0 radical (unpaired) electrons. The monoisotopic (exact) mass is 139 g/mol. The fourth-order valence-corrected chi connectivity index (χ4v) is 0.667. The second kappa shape index (κ2) is 2.13. The lowest BCUT2D eigenvalue weighted by atomic mass is 10.2. The van der Waals surface area contributed by atoms with Gasteiger partial charge >= 0.3 is 5.69 Å². The molecule has 0 saturated carbocycles. The topological polar surface area (TPSA) is 71.8 Å². The molecule has 0 saturated heterocycles. The van der Waals surface area contributed by atoms with E-state index < -0.39 is 0 Å². The number of hydrogen-bond acceptors (Lipinski definition) is 3. The van der Waals surface area contributed by atoms with Gasteiger partial charge in [0.2, 0.25) is 0 Å². The standard InChI is InChI=1S/C6H9N3O/c1-3-4(2)8-6(10)9-5(3)7/h1-2H3,(H3,7,8,9,10). The van der Waals surface area contributed by atoms with Crippen molar-refractivity contribution in [2.24, 2.45) is 0 Å². The Kier molecular flexibility index (Phi) is 1.45. The minimum Gasteiger partial charge on any atom is -0.383 e. The summed E-state index contributed by atoms with van der Waals surface area (Å²) in [7, 11) is 0. The van der Waals surface area contributed by atoms with Gasteiger partial charge in [0, 0.05) is 11.3 Å². The Balaban J connectivity index is 3.46. The molecular weight excluding hydrogens is 130 g/mol. The zero-order valence-electron chi connectivity index (χ0n) is 5.93. The molecule has 0 spiro atoms. The van der Waals surface area contributed by atoms with E-state index in [4.69, 9.17) is 5.73 Å². The predicted octanol–water partition coefficient (Wildman–Crippen LogP) is -0.0311. The van der Waals surface area contributed by atoms with Crippen molar-refractivity contribution in [3.8, 4) is 0 Å². The first kappa shape index (κ1) is 6.80. The second-order valence-electron chi connectivity index (χ2n) is 2.18. The third-order valence-electron chi connectivity index (χ3n) is 1.46. The summed E-state index contributed by atoms with van der Waals surface area (Å²) in [6.45, 7) is 3.60. The number of nitrogen functional groups attached to an aromatic ring is 1. The van der Waals surface area contributed by atoms with E-state index in [1.165, 1.54) is 0 Å². The summed E-state index contributed by atoms with van der Waals surface area (Å²) in [5.74, 6) is 0.307. The van der Waals surface area contributed by atoms with E-state index in [2.05, 4.69) is 9.97 Å². The van der Waals surface area contributed by atoms with Gasteiger partial charge in [-0.1, -0.05) is 0 Å². The van der Waals surface area contributed by atoms with E-state index in [1.807, 2.05) is 6.92 Å². The predicted molar refractivity (Wildman–Crippen MR) is 38.7 cm³/mol. The van der Waals surface area contributed by atoms with Gasteiger partial charge in [0.1, 0.15) is 5.82 Å². The number of nitrogens with one attached hydrogen (secondary N) is 1. The van der Waals surface area contributed by atoms with Crippen molar-refractivity contribution in [1.29, 1.82) is 0 Å². The van der Waals surface area contributed by atoms with Gasteiger partial charge in [-0.2, -0.15) is 4.98 Å². The number of hydrogen-bond donors (Lipinski definition) is 2. The molecule has 0 amide bonds. The van der Waals surface area contributed by atoms with Gasteiger partial charge in [-0.15, -0.1) is 0 Å². The maximum atomic E-state index is 10.6. The molecule has 0 aliphatic carbocycles. The molecule has 1 aromatic heterocycles. The van der Waals surface area contributed by atoms with E-state index in [1.54, 1.807) is 6.92 Å². The van der Waals surface area contributed by atoms with Crippen LogP contribution >= 0.6 is 0 Å². The van der Waals surface area contributed by atoms with Crippen LogP contribution in [-0.4, -0.2) is 9.97 Å². The first-order valence-corrected chi connectivity index (χ1v) is 2.94. The Morgan fingerprint density at radius 3 is 2.60 bits per heavy atom. The molecule has 1 aromatic rings. The normalized spacial score (nSPS) is 9.80. The summed E-state index contributed by atoms with van der Waals surface area (Å²) in [4.78, 5) is 16.6. The van der Waals surface area contributed by atoms with Crippen molar-refractivity contribution in [1.82, 2.24) is 9.97 Å². The van der Waals surface area contributed by atoms with E-state index in [9.17, 15) is 4.79 Å². The molecule has 4 nitrogen and oxygen atoms in total.